The molecule has 0 aromatic carbocycles. The zero-order chi connectivity index (χ0) is 23.1. The number of aromatic nitrogens is 5. The maximum absolute atomic E-state index is 9.02. The summed E-state index contributed by atoms with van der Waals surface area (Å²) in [5.74, 6) is 1.87. The first-order valence-electron chi connectivity index (χ1n) is 11.6. The Morgan fingerprint density at radius 1 is 1.18 bits per heavy atom. The number of nitrogens with one attached hydrogen (secondary N) is 2. The second kappa shape index (κ2) is 8.58. The van der Waals surface area contributed by atoms with E-state index < -0.39 is 0 Å². The largest absolute Gasteiger partial charge is 0.383 e. The Kier molecular flexibility index (Phi) is 5.61. The van der Waals surface area contributed by atoms with Crippen LogP contribution in [-0.2, 0) is 0 Å². The van der Waals surface area contributed by atoms with Crippen LogP contribution < -0.4 is 11.1 Å². The van der Waals surface area contributed by atoms with E-state index in [1.165, 1.54) is 6.33 Å². The molecule has 33 heavy (non-hydrogen) atoms. The zero-order valence-corrected chi connectivity index (χ0v) is 19.4. The molecule has 10 nitrogen and oxygen atoms in total. The fraction of sp³-hybridized carbons (Fsp3) is 0.522. The number of nitrogens with two attached hydrogens (primary N) is 1. The van der Waals surface area contributed by atoms with E-state index in [0.717, 1.165) is 55.8 Å². The third-order valence-electron chi connectivity index (χ3n) is 6.42. The van der Waals surface area contributed by atoms with Crippen LogP contribution in [-0.4, -0.2) is 61.5 Å². The molecule has 0 bridgehead atoms. The lowest BCUT2D eigenvalue weighted by molar-refractivity contribution is 0.221. The highest BCUT2D eigenvalue weighted by Gasteiger charge is 2.36. The molecule has 174 valence electrons. The van der Waals surface area contributed by atoms with Gasteiger partial charge in [0, 0.05) is 24.2 Å². The van der Waals surface area contributed by atoms with Crippen molar-refractivity contribution in [1.82, 2.24) is 29.6 Å². The molecule has 5 rings (SSSR count). The molecule has 0 amide bonds. The Morgan fingerprint density at radius 3 is 2.64 bits per heavy atom. The Bertz CT molecular complexity index is 1150. The predicted molar refractivity (Wildman–Crippen MR) is 127 cm³/mol. The average molecular weight is 450 g/mol. The smallest absolute Gasteiger partial charge is 0.149 e. The van der Waals surface area contributed by atoms with Gasteiger partial charge in [0.1, 0.15) is 29.4 Å². The Balaban J connectivity index is 1.54. The van der Waals surface area contributed by atoms with E-state index in [1.54, 1.807) is 0 Å². The van der Waals surface area contributed by atoms with Gasteiger partial charge in [0.2, 0.25) is 0 Å². The molecular formula is C23H31N9O. The lowest BCUT2D eigenvalue weighted by Crippen LogP contribution is -2.31. The second-order valence-electron chi connectivity index (χ2n) is 9.44. The van der Waals surface area contributed by atoms with Gasteiger partial charge in [-0.15, -0.1) is 0 Å². The molecule has 0 unspecified atom stereocenters. The van der Waals surface area contributed by atoms with Gasteiger partial charge in [0.15, 0.2) is 0 Å². The van der Waals surface area contributed by atoms with Gasteiger partial charge in [-0.25, -0.2) is 15.0 Å². The topological polar surface area (TPSA) is 135 Å². The summed E-state index contributed by atoms with van der Waals surface area (Å²) < 4.78 is 8.00. The Morgan fingerprint density at radius 2 is 1.94 bits per heavy atom. The van der Waals surface area contributed by atoms with Crippen molar-refractivity contribution in [3.8, 4) is 11.3 Å². The summed E-state index contributed by atoms with van der Waals surface area (Å²) in [5.41, 5.74) is 8.76. The number of piperidine rings is 1. The number of likely N-dealkylation sites (tertiary alicyclic amines) is 1. The second-order valence-corrected chi connectivity index (χ2v) is 9.44. The lowest BCUT2D eigenvalue weighted by atomic mass is 10.00. The fourth-order valence-corrected chi connectivity index (χ4v) is 4.45. The number of nitrogen functional groups attached to an aromatic ring is 1. The monoisotopic (exact) mass is 449 g/mol. The van der Waals surface area contributed by atoms with Gasteiger partial charge in [0.05, 0.1) is 28.9 Å². The molecule has 3 aromatic heterocycles. The van der Waals surface area contributed by atoms with E-state index in [4.69, 9.17) is 20.7 Å². The molecular weight excluding hydrogens is 418 g/mol. The quantitative estimate of drug-likeness (QED) is 0.468. The Labute approximate surface area is 193 Å². The van der Waals surface area contributed by atoms with Crippen LogP contribution >= 0.6 is 0 Å². The third-order valence-corrected chi connectivity index (χ3v) is 6.42. The Hall–Kier alpha value is -3.27. The highest BCUT2D eigenvalue weighted by Crippen LogP contribution is 2.46. The first-order valence-corrected chi connectivity index (χ1v) is 11.6. The van der Waals surface area contributed by atoms with Crippen molar-refractivity contribution in [2.24, 2.45) is 0 Å². The van der Waals surface area contributed by atoms with E-state index in [0.29, 0.717) is 29.0 Å². The van der Waals surface area contributed by atoms with E-state index in [9.17, 15) is 0 Å². The van der Waals surface area contributed by atoms with Gasteiger partial charge in [-0.3, -0.25) is 5.41 Å². The molecule has 0 radical (unpaired) electrons. The SMILES string of the molecule is CC(C)Nc1ncnc(N)c1C(=N)c1noc(C2CC2)c1-c1cn(C2CCN(C)CC2)cn1. The molecule has 1 saturated heterocycles. The summed E-state index contributed by atoms with van der Waals surface area (Å²) in [7, 11) is 2.16. The minimum absolute atomic E-state index is 0.120. The summed E-state index contributed by atoms with van der Waals surface area (Å²) >= 11 is 0. The number of imidazole rings is 1. The maximum atomic E-state index is 9.02. The van der Waals surface area contributed by atoms with Crippen LogP contribution in [0.3, 0.4) is 0 Å². The van der Waals surface area contributed by atoms with Crippen LogP contribution in [0.5, 0.6) is 0 Å². The average Bonchev–Trinajstić information content (AvgIpc) is 3.34. The van der Waals surface area contributed by atoms with Crippen molar-refractivity contribution in [1.29, 1.82) is 5.41 Å². The summed E-state index contributed by atoms with van der Waals surface area (Å²) in [6.45, 7) is 6.17. The number of anilines is 2. The molecule has 10 heteroatoms. The first kappa shape index (κ1) is 21.6. The maximum Gasteiger partial charge on any atom is 0.149 e. The molecule has 0 atom stereocenters. The fourth-order valence-electron chi connectivity index (χ4n) is 4.45. The molecule has 1 aliphatic heterocycles. The molecule has 3 aromatic rings. The summed E-state index contributed by atoms with van der Waals surface area (Å²) in [6, 6.07) is 0.546. The van der Waals surface area contributed by atoms with Crippen molar-refractivity contribution < 1.29 is 4.52 Å². The minimum Gasteiger partial charge on any atom is -0.383 e. The van der Waals surface area contributed by atoms with Gasteiger partial charge in [0.25, 0.3) is 0 Å². The first-order chi connectivity index (χ1) is 15.9. The van der Waals surface area contributed by atoms with Crippen molar-refractivity contribution in [2.75, 3.05) is 31.2 Å². The molecule has 0 spiro atoms. The number of hydrogen-bond donors (Lipinski definition) is 3. The van der Waals surface area contributed by atoms with Gasteiger partial charge < -0.3 is 25.0 Å². The minimum atomic E-state index is 0.120. The highest BCUT2D eigenvalue weighted by atomic mass is 16.5. The molecule has 2 aliphatic rings. The van der Waals surface area contributed by atoms with E-state index >= 15 is 0 Å². The molecule has 2 fully saturated rings. The van der Waals surface area contributed by atoms with Crippen LogP contribution in [0.15, 0.2) is 23.4 Å². The van der Waals surface area contributed by atoms with Crippen LogP contribution in [0.2, 0.25) is 0 Å². The highest BCUT2D eigenvalue weighted by molar-refractivity contribution is 6.18. The summed E-state index contributed by atoms with van der Waals surface area (Å²) in [4.78, 5) is 15.5. The van der Waals surface area contributed by atoms with Crippen molar-refractivity contribution in [3.63, 3.8) is 0 Å². The van der Waals surface area contributed by atoms with Gasteiger partial charge in [-0.1, -0.05) is 5.16 Å². The summed E-state index contributed by atoms with van der Waals surface area (Å²) in [5, 5.41) is 16.6. The number of rotatable bonds is 7. The lowest BCUT2D eigenvalue weighted by Gasteiger charge is -2.29. The standard InChI is InChI=1S/C23H31N9O/c1-13(2)29-23-18(22(25)26-11-27-23)19(24)20-17(21(33-30-20)14-4-5-14)16-10-32(12-28-16)15-6-8-31(3)9-7-15/h10-15,24H,4-9H2,1-3H3,(H3,25,26,27,29). The van der Waals surface area contributed by atoms with Crippen molar-refractivity contribution >= 4 is 17.3 Å². The van der Waals surface area contributed by atoms with E-state index in [1.807, 2.05) is 20.2 Å². The van der Waals surface area contributed by atoms with Gasteiger partial charge in [-0.05, 0) is 59.7 Å². The number of hydrogen-bond acceptors (Lipinski definition) is 9. The number of nitrogens with zero attached hydrogens (tertiary/aromatic N) is 6. The zero-order valence-electron chi connectivity index (χ0n) is 19.4. The van der Waals surface area contributed by atoms with Crippen LogP contribution in [0.4, 0.5) is 11.6 Å². The predicted octanol–water partition coefficient (Wildman–Crippen LogP) is 3.29. The summed E-state index contributed by atoms with van der Waals surface area (Å²) in [6.07, 6.45) is 9.67. The molecule has 4 heterocycles. The van der Waals surface area contributed by atoms with Gasteiger partial charge in [-0.2, -0.15) is 0 Å². The van der Waals surface area contributed by atoms with Crippen LogP contribution in [0.25, 0.3) is 11.3 Å². The molecule has 1 aliphatic carbocycles. The van der Waals surface area contributed by atoms with Gasteiger partial charge >= 0.3 is 0 Å². The van der Waals surface area contributed by atoms with Crippen molar-refractivity contribution in [3.05, 3.63) is 35.9 Å². The molecule has 4 N–H and O–H groups in total. The normalized spacial score (nSPS) is 17.6. The van der Waals surface area contributed by atoms with Crippen LogP contribution in [0, 0.1) is 5.41 Å². The molecule has 1 saturated carbocycles. The third kappa shape index (κ3) is 4.22. The van der Waals surface area contributed by atoms with E-state index in [2.05, 4.69) is 43.2 Å². The van der Waals surface area contributed by atoms with Crippen LogP contribution in [0.1, 0.15) is 68.5 Å². The van der Waals surface area contributed by atoms with E-state index in [-0.39, 0.29) is 17.6 Å². The van der Waals surface area contributed by atoms with Crippen molar-refractivity contribution in [2.45, 2.75) is 57.5 Å².